The van der Waals surface area contributed by atoms with Gasteiger partial charge in [0, 0.05) is 12.2 Å². The van der Waals surface area contributed by atoms with Crippen LogP contribution in [0.3, 0.4) is 0 Å². The standard InChI is InChI=1S/C22H24N4O3/c1-14-10-11-15(2)17(13-14)23-22(27)26-12-6-8-18(26)21-24-20(25-29-21)16-7-4-5-9-19(16)28-3/h4-5,7,9-11,13,18H,6,8,12H2,1-3H3,(H,23,27). The van der Waals surface area contributed by atoms with Crippen LogP contribution >= 0.6 is 0 Å². The van der Waals surface area contributed by atoms with Crippen molar-refractivity contribution in [3.63, 3.8) is 0 Å². The Labute approximate surface area is 169 Å². The van der Waals surface area contributed by atoms with Gasteiger partial charge in [0.05, 0.1) is 12.7 Å². The van der Waals surface area contributed by atoms with Crippen LogP contribution in [0.2, 0.25) is 0 Å². The fourth-order valence-electron chi connectivity index (χ4n) is 3.63. The molecule has 1 aliphatic heterocycles. The minimum absolute atomic E-state index is 0.154. The molecular weight excluding hydrogens is 368 g/mol. The summed E-state index contributed by atoms with van der Waals surface area (Å²) in [6.07, 6.45) is 1.67. The van der Waals surface area contributed by atoms with Crippen molar-refractivity contribution in [2.45, 2.75) is 32.7 Å². The number of methoxy groups -OCH3 is 1. The van der Waals surface area contributed by atoms with Gasteiger partial charge >= 0.3 is 6.03 Å². The van der Waals surface area contributed by atoms with E-state index >= 15 is 0 Å². The van der Waals surface area contributed by atoms with Crippen LogP contribution < -0.4 is 10.1 Å². The number of rotatable bonds is 4. The summed E-state index contributed by atoms with van der Waals surface area (Å²) in [5, 5.41) is 7.15. The van der Waals surface area contributed by atoms with E-state index in [-0.39, 0.29) is 12.1 Å². The first kappa shape index (κ1) is 19.0. The minimum Gasteiger partial charge on any atom is -0.496 e. The maximum absolute atomic E-state index is 12.9. The number of nitrogens with zero attached hydrogens (tertiary/aromatic N) is 3. The molecule has 150 valence electrons. The number of aryl methyl sites for hydroxylation is 2. The van der Waals surface area contributed by atoms with Crippen LogP contribution in [0.5, 0.6) is 5.75 Å². The molecule has 3 aromatic rings. The molecule has 2 amide bonds. The Morgan fingerprint density at radius 1 is 1.24 bits per heavy atom. The molecule has 0 radical (unpaired) electrons. The number of ether oxygens (including phenoxy) is 1. The summed E-state index contributed by atoms with van der Waals surface area (Å²) in [6, 6.07) is 13.1. The van der Waals surface area contributed by atoms with Gasteiger partial charge in [0.25, 0.3) is 0 Å². The van der Waals surface area contributed by atoms with Crippen LogP contribution in [0.4, 0.5) is 10.5 Å². The topological polar surface area (TPSA) is 80.5 Å². The summed E-state index contributed by atoms with van der Waals surface area (Å²) in [5.74, 6) is 1.58. The lowest BCUT2D eigenvalue weighted by molar-refractivity contribution is 0.193. The third-order valence-corrected chi connectivity index (χ3v) is 5.22. The van der Waals surface area contributed by atoms with Crippen molar-refractivity contribution >= 4 is 11.7 Å². The monoisotopic (exact) mass is 392 g/mol. The number of nitrogens with one attached hydrogen (secondary N) is 1. The van der Waals surface area contributed by atoms with Crippen molar-refractivity contribution in [2.24, 2.45) is 0 Å². The fraction of sp³-hybridized carbons (Fsp3) is 0.318. The van der Waals surface area contributed by atoms with E-state index in [1.165, 1.54) is 0 Å². The molecule has 1 unspecified atom stereocenters. The molecule has 0 spiro atoms. The number of anilines is 1. The van der Waals surface area contributed by atoms with Crippen molar-refractivity contribution in [1.29, 1.82) is 0 Å². The Morgan fingerprint density at radius 2 is 2.07 bits per heavy atom. The van der Waals surface area contributed by atoms with Gasteiger partial charge in [0.1, 0.15) is 11.8 Å². The molecule has 0 saturated carbocycles. The second-order valence-electron chi connectivity index (χ2n) is 7.26. The van der Waals surface area contributed by atoms with Crippen molar-refractivity contribution in [3.05, 3.63) is 59.5 Å². The Kier molecular flexibility index (Phi) is 5.20. The molecule has 2 aromatic carbocycles. The van der Waals surface area contributed by atoms with Gasteiger partial charge in [-0.05, 0) is 56.0 Å². The van der Waals surface area contributed by atoms with Gasteiger partial charge in [0.15, 0.2) is 0 Å². The molecule has 0 bridgehead atoms. The molecule has 4 rings (SSSR count). The van der Waals surface area contributed by atoms with E-state index in [0.29, 0.717) is 24.0 Å². The molecule has 1 aromatic heterocycles. The third kappa shape index (κ3) is 3.81. The van der Waals surface area contributed by atoms with Gasteiger partial charge in [-0.25, -0.2) is 4.79 Å². The lowest BCUT2D eigenvalue weighted by Crippen LogP contribution is -2.34. The highest BCUT2D eigenvalue weighted by atomic mass is 16.5. The number of para-hydroxylation sites is 1. The Hall–Kier alpha value is -3.35. The molecule has 1 saturated heterocycles. The molecule has 1 fully saturated rings. The highest BCUT2D eigenvalue weighted by Crippen LogP contribution is 2.34. The molecular formula is C22H24N4O3. The fourth-order valence-corrected chi connectivity index (χ4v) is 3.63. The van der Waals surface area contributed by atoms with Crippen molar-refractivity contribution in [2.75, 3.05) is 19.0 Å². The number of hydrogen-bond donors (Lipinski definition) is 1. The van der Waals surface area contributed by atoms with E-state index in [9.17, 15) is 4.79 Å². The van der Waals surface area contributed by atoms with Crippen molar-refractivity contribution in [1.82, 2.24) is 15.0 Å². The second kappa shape index (κ2) is 7.95. The number of carbonyl (C=O) groups excluding carboxylic acids is 1. The first-order chi connectivity index (χ1) is 14.1. The molecule has 7 heteroatoms. The zero-order chi connectivity index (χ0) is 20.4. The largest absolute Gasteiger partial charge is 0.496 e. The van der Waals surface area contributed by atoms with Gasteiger partial charge in [0.2, 0.25) is 11.7 Å². The lowest BCUT2D eigenvalue weighted by atomic mass is 10.1. The minimum atomic E-state index is -0.240. The second-order valence-corrected chi connectivity index (χ2v) is 7.26. The first-order valence-corrected chi connectivity index (χ1v) is 9.68. The Bertz CT molecular complexity index is 1030. The average molecular weight is 392 g/mol. The van der Waals surface area contributed by atoms with Crippen molar-refractivity contribution < 1.29 is 14.1 Å². The van der Waals surface area contributed by atoms with Crippen LogP contribution in [-0.4, -0.2) is 34.7 Å². The maximum atomic E-state index is 12.9. The van der Waals surface area contributed by atoms with Crippen LogP contribution in [0.15, 0.2) is 47.0 Å². The van der Waals surface area contributed by atoms with Gasteiger partial charge < -0.3 is 19.5 Å². The molecule has 1 aliphatic rings. The SMILES string of the molecule is COc1ccccc1-c1noc(C2CCCN2C(=O)Nc2cc(C)ccc2C)n1. The van der Waals surface area contributed by atoms with Crippen LogP contribution in [0.1, 0.15) is 35.9 Å². The molecule has 1 N–H and O–H groups in total. The third-order valence-electron chi connectivity index (χ3n) is 5.22. The summed E-state index contributed by atoms with van der Waals surface area (Å²) in [4.78, 5) is 19.3. The summed E-state index contributed by atoms with van der Waals surface area (Å²) in [5.41, 5.74) is 3.70. The molecule has 29 heavy (non-hydrogen) atoms. The molecule has 7 nitrogen and oxygen atoms in total. The summed E-state index contributed by atoms with van der Waals surface area (Å²) < 4.78 is 10.9. The highest BCUT2D eigenvalue weighted by Gasteiger charge is 2.34. The van der Waals surface area contributed by atoms with Crippen LogP contribution in [-0.2, 0) is 0 Å². The van der Waals surface area contributed by atoms with E-state index in [4.69, 9.17) is 9.26 Å². The zero-order valence-electron chi connectivity index (χ0n) is 16.8. The molecule has 1 atom stereocenters. The summed E-state index contributed by atoms with van der Waals surface area (Å²) in [7, 11) is 1.61. The smallest absolute Gasteiger partial charge is 0.322 e. The predicted octanol–water partition coefficient (Wildman–Crippen LogP) is 4.73. The van der Waals surface area contributed by atoms with Gasteiger partial charge in [-0.3, -0.25) is 0 Å². The number of urea groups is 1. The zero-order valence-corrected chi connectivity index (χ0v) is 16.8. The van der Waals surface area contributed by atoms with Crippen molar-refractivity contribution in [3.8, 4) is 17.1 Å². The van der Waals surface area contributed by atoms with E-state index in [2.05, 4.69) is 15.5 Å². The summed E-state index contributed by atoms with van der Waals surface area (Å²) >= 11 is 0. The highest BCUT2D eigenvalue weighted by molar-refractivity contribution is 5.90. The quantitative estimate of drug-likeness (QED) is 0.694. The van der Waals surface area contributed by atoms with E-state index in [1.54, 1.807) is 12.0 Å². The number of hydrogen-bond acceptors (Lipinski definition) is 5. The van der Waals surface area contributed by atoms with E-state index in [1.807, 2.05) is 56.3 Å². The summed E-state index contributed by atoms with van der Waals surface area (Å²) in [6.45, 7) is 4.63. The predicted molar refractivity (Wildman–Crippen MR) is 110 cm³/mol. The number of benzene rings is 2. The lowest BCUT2D eigenvalue weighted by Gasteiger charge is -2.23. The Morgan fingerprint density at radius 3 is 2.90 bits per heavy atom. The van der Waals surface area contributed by atoms with Gasteiger partial charge in [-0.2, -0.15) is 4.98 Å². The Balaban J connectivity index is 1.55. The average Bonchev–Trinajstić information content (AvgIpc) is 3.40. The van der Waals surface area contributed by atoms with E-state index in [0.717, 1.165) is 35.2 Å². The number of likely N-dealkylation sites (tertiary alicyclic amines) is 1. The number of amides is 2. The maximum Gasteiger partial charge on any atom is 0.322 e. The van der Waals surface area contributed by atoms with Crippen LogP contribution in [0.25, 0.3) is 11.4 Å². The molecule has 2 heterocycles. The van der Waals surface area contributed by atoms with E-state index < -0.39 is 0 Å². The molecule has 0 aliphatic carbocycles. The number of carbonyl (C=O) groups is 1. The first-order valence-electron chi connectivity index (χ1n) is 9.68. The normalized spacial score (nSPS) is 16.1. The van der Waals surface area contributed by atoms with Gasteiger partial charge in [-0.15, -0.1) is 0 Å². The number of aromatic nitrogens is 2. The van der Waals surface area contributed by atoms with Gasteiger partial charge in [-0.1, -0.05) is 29.4 Å². The van der Waals surface area contributed by atoms with Crippen LogP contribution in [0, 0.1) is 13.8 Å².